The number of aromatic nitrogens is 1. The van der Waals surface area contributed by atoms with E-state index in [1.807, 2.05) is 36.4 Å². The van der Waals surface area contributed by atoms with Crippen molar-refractivity contribution in [3.05, 3.63) is 58.2 Å². The van der Waals surface area contributed by atoms with Crippen molar-refractivity contribution in [2.24, 2.45) is 0 Å². The number of hydrogen-bond acceptors (Lipinski definition) is 3. The summed E-state index contributed by atoms with van der Waals surface area (Å²) in [6.45, 7) is 1.15. The Labute approximate surface area is 155 Å². The molecule has 2 amide bonds. The van der Waals surface area contributed by atoms with E-state index in [2.05, 4.69) is 26.2 Å². The van der Waals surface area contributed by atoms with Gasteiger partial charge in [-0.15, -0.1) is 0 Å². The van der Waals surface area contributed by atoms with Crippen LogP contribution in [0.5, 0.6) is 0 Å². The Kier molecular flexibility index (Phi) is 5.81. The molecule has 1 saturated heterocycles. The molecule has 25 heavy (non-hydrogen) atoms. The van der Waals surface area contributed by atoms with E-state index in [1.54, 1.807) is 11.1 Å². The summed E-state index contributed by atoms with van der Waals surface area (Å²) in [6.07, 6.45) is 4.26. The van der Waals surface area contributed by atoms with Gasteiger partial charge in [-0.3, -0.25) is 14.5 Å². The van der Waals surface area contributed by atoms with Gasteiger partial charge in [0.25, 0.3) is 0 Å². The molecule has 0 radical (unpaired) electrons. The van der Waals surface area contributed by atoms with Crippen LogP contribution in [0.4, 0.5) is 5.82 Å². The molecule has 1 aromatic carbocycles. The first-order chi connectivity index (χ1) is 12.1. The normalized spacial score (nSPS) is 14.0. The van der Waals surface area contributed by atoms with Crippen molar-refractivity contribution < 1.29 is 9.59 Å². The van der Waals surface area contributed by atoms with Gasteiger partial charge in [-0.05, 0) is 42.2 Å². The average Bonchev–Trinajstić information content (AvgIpc) is 3.05. The maximum Gasteiger partial charge on any atom is 0.228 e. The van der Waals surface area contributed by atoms with Crippen LogP contribution in [-0.4, -0.2) is 23.3 Å². The van der Waals surface area contributed by atoms with Crippen LogP contribution in [0.15, 0.2) is 47.1 Å². The second-order valence-corrected chi connectivity index (χ2v) is 6.89. The summed E-state index contributed by atoms with van der Waals surface area (Å²) < 4.78 is 1.02. The van der Waals surface area contributed by atoms with Gasteiger partial charge in [-0.25, -0.2) is 4.98 Å². The summed E-state index contributed by atoms with van der Waals surface area (Å²) in [5.74, 6) is 0.788. The number of amides is 2. The minimum atomic E-state index is 0.00589. The Balaban J connectivity index is 1.52. The second kappa shape index (κ2) is 8.25. The first kappa shape index (κ1) is 17.6. The van der Waals surface area contributed by atoms with E-state index in [9.17, 15) is 9.59 Å². The van der Waals surface area contributed by atoms with Crippen molar-refractivity contribution >= 4 is 33.6 Å². The van der Waals surface area contributed by atoms with Gasteiger partial charge in [0.15, 0.2) is 0 Å². The van der Waals surface area contributed by atoms with Gasteiger partial charge in [0.05, 0.1) is 0 Å². The lowest BCUT2D eigenvalue weighted by molar-refractivity contribution is -0.121. The van der Waals surface area contributed by atoms with Gasteiger partial charge >= 0.3 is 0 Å². The SMILES string of the molecule is O=C(CCc1ccccc1Br)NCc1ccnc(N2CCCC2=O)c1. The van der Waals surface area contributed by atoms with Crippen LogP contribution in [-0.2, 0) is 22.6 Å². The predicted molar refractivity (Wildman–Crippen MR) is 100 cm³/mol. The molecule has 5 nitrogen and oxygen atoms in total. The van der Waals surface area contributed by atoms with Crippen LogP contribution >= 0.6 is 15.9 Å². The summed E-state index contributed by atoms with van der Waals surface area (Å²) in [5.41, 5.74) is 2.07. The molecule has 1 N–H and O–H groups in total. The van der Waals surface area contributed by atoms with E-state index in [-0.39, 0.29) is 11.8 Å². The Hall–Kier alpha value is -2.21. The van der Waals surface area contributed by atoms with Crippen LogP contribution in [0.2, 0.25) is 0 Å². The van der Waals surface area contributed by atoms with E-state index >= 15 is 0 Å². The number of rotatable bonds is 6. The highest BCUT2D eigenvalue weighted by Crippen LogP contribution is 2.20. The molecule has 2 heterocycles. The molecule has 6 heteroatoms. The number of halogens is 1. The summed E-state index contributed by atoms with van der Waals surface area (Å²) in [7, 11) is 0. The van der Waals surface area contributed by atoms with Crippen LogP contribution in [0.1, 0.15) is 30.4 Å². The summed E-state index contributed by atoms with van der Waals surface area (Å²) in [4.78, 5) is 29.9. The second-order valence-electron chi connectivity index (χ2n) is 6.04. The molecule has 0 saturated carbocycles. The number of anilines is 1. The Morgan fingerprint density at radius 3 is 2.88 bits per heavy atom. The third-order valence-electron chi connectivity index (χ3n) is 4.23. The third kappa shape index (κ3) is 4.66. The molecule has 130 valence electrons. The first-order valence-corrected chi connectivity index (χ1v) is 9.18. The molecule has 1 fully saturated rings. The van der Waals surface area contributed by atoms with E-state index in [1.165, 1.54) is 0 Å². The fraction of sp³-hybridized carbons (Fsp3) is 0.316. The molecule has 3 rings (SSSR count). The van der Waals surface area contributed by atoms with Gasteiger partial charge < -0.3 is 5.32 Å². The van der Waals surface area contributed by atoms with Gasteiger partial charge in [-0.2, -0.15) is 0 Å². The topological polar surface area (TPSA) is 62.3 Å². The summed E-state index contributed by atoms with van der Waals surface area (Å²) in [5, 5.41) is 2.93. The Morgan fingerprint density at radius 2 is 2.12 bits per heavy atom. The maximum absolute atomic E-state index is 12.1. The minimum Gasteiger partial charge on any atom is -0.352 e. The molecule has 1 aliphatic heterocycles. The number of nitrogens with zero attached hydrogens (tertiary/aromatic N) is 2. The zero-order valence-electron chi connectivity index (χ0n) is 13.9. The number of nitrogens with one attached hydrogen (secondary N) is 1. The fourth-order valence-electron chi connectivity index (χ4n) is 2.85. The first-order valence-electron chi connectivity index (χ1n) is 8.39. The molecule has 1 aliphatic rings. The fourth-order valence-corrected chi connectivity index (χ4v) is 3.33. The molecule has 0 spiro atoms. The highest BCUT2D eigenvalue weighted by Gasteiger charge is 2.22. The molecule has 0 atom stereocenters. The molecule has 0 bridgehead atoms. The number of benzene rings is 1. The number of hydrogen-bond donors (Lipinski definition) is 1. The molecule has 0 unspecified atom stereocenters. The van der Waals surface area contributed by atoms with E-state index in [4.69, 9.17) is 0 Å². The predicted octanol–water partition coefficient (Wildman–Crippen LogP) is 3.22. The standard InChI is InChI=1S/C19H20BrN3O2/c20-16-5-2-1-4-15(16)7-8-18(24)22-13-14-9-10-21-17(12-14)23-11-3-6-19(23)25/h1-2,4-5,9-10,12H,3,6-8,11,13H2,(H,22,24). The zero-order valence-corrected chi connectivity index (χ0v) is 15.5. The minimum absolute atomic E-state index is 0.00589. The highest BCUT2D eigenvalue weighted by molar-refractivity contribution is 9.10. The van der Waals surface area contributed by atoms with Crippen molar-refractivity contribution in [2.45, 2.75) is 32.2 Å². The monoisotopic (exact) mass is 401 g/mol. The number of carbonyl (C=O) groups is 2. The van der Waals surface area contributed by atoms with Gasteiger partial charge in [-0.1, -0.05) is 34.1 Å². The zero-order chi connectivity index (χ0) is 17.6. The van der Waals surface area contributed by atoms with Crippen LogP contribution < -0.4 is 10.2 Å². The van der Waals surface area contributed by atoms with Crippen LogP contribution in [0.3, 0.4) is 0 Å². The van der Waals surface area contributed by atoms with Crippen molar-refractivity contribution in [2.75, 3.05) is 11.4 Å². The highest BCUT2D eigenvalue weighted by atomic mass is 79.9. The van der Waals surface area contributed by atoms with Gasteiger partial charge in [0, 0.05) is 36.6 Å². The van der Waals surface area contributed by atoms with Crippen molar-refractivity contribution in [3.63, 3.8) is 0 Å². The third-order valence-corrected chi connectivity index (χ3v) is 5.00. The van der Waals surface area contributed by atoms with Crippen molar-refractivity contribution in [3.8, 4) is 0 Å². The van der Waals surface area contributed by atoms with E-state index in [0.29, 0.717) is 38.2 Å². The lowest BCUT2D eigenvalue weighted by Gasteiger charge is -2.15. The van der Waals surface area contributed by atoms with Crippen molar-refractivity contribution in [1.82, 2.24) is 10.3 Å². The lowest BCUT2D eigenvalue weighted by Crippen LogP contribution is -2.26. The summed E-state index contributed by atoms with van der Waals surface area (Å²) in [6, 6.07) is 11.6. The molecule has 2 aromatic rings. The summed E-state index contributed by atoms with van der Waals surface area (Å²) >= 11 is 3.50. The average molecular weight is 402 g/mol. The van der Waals surface area contributed by atoms with Crippen molar-refractivity contribution in [1.29, 1.82) is 0 Å². The van der Waals surface area contributed by atoms with Gasteiger partial charge in [0.1, 0.15) is 5.82 Å². The number of aryl methyl sites for hydroxylation is 1. The lowest BCUT2D eigenvalue weighted by atomic mass is 10.1. The quantitative estimate of drug-likeness (QED) is 0.807. The van der Waals surface area contributed by atoms with Gasteiger partial charge in [0.2, 0.25) is 11.8 Å². The van der Waals surface area contributed by atoms with Crippen LogP contribution in [0, 0.1) is 0 Å². The molecular weight excluding hydrogens is 382 g/mol. The molecular formula is C19H20BrN3O2. The smallest absolute Gasteiger partial charge is 0.228 e. The largest absolute Gasteiger partial charge is 0.352 e. The Morgan fingerprint density at radius 1 is 1.28 bits per heavy atom. The number of carbonyl (C=O) groups excluding carboxylic acids is 2. The van der Waals surface area contributed by atoms with E-state index < -0.39 is 0 Å². The number of pyridine rings is 1. The maximum atomic E-state index is 12.1. The van der Waals surface area contributed by atoms with E-state index in [0.717, 1.165) is 22.0 Å². The Bertz CT molecular complexity index is 779. The molecule has 0 aliphatic carbocycles. The van der Waals surface area contributed by atoms with Crippen LogP contribution in [0.25, 0.3) is 0 Å². The molecule has 1 aromatic heterocycles.